The number of aliphatic carboxylic acids is 1. The fourth-order valence-electron chi connectivity index (χ4n) is 3.69. The number of carbonyl (C=O) groups excluding carboxylic acids is 1. The van der Waals surface area contributed by atoms with Gasteiger partial charge in [0.05, 0.1) is 12.0 Å². The highest BCUT2D eigenvalue weighted by Gasteiger charge is 2.38. The Morgan fingerprint density at radius 1 is 1.10 bits per heavy atom. The minimum absolute atomic E-state index is 0.0259. The van der Waals surface area contributed by atoms with Crippen LogP contribution in [-0.4, -0.2) is 28.7 Å². The molecule has 0 aromatic heterocycles. The van der Waals surface area contributed by atoms with Crippen LogP contribution in [0.2, 0.25) is 0 Å². The smallest absolute Gasteiger partial charge is 0.315 e. The first kappa shape index (κ1) is 16.1. The molecule has 0 heterocycles. The van der Waals surface area contributed by atoms with Crippen molar-refractivity contribution in [1.82, 2.24) is 10.6 Å². The van der Waals surface area contributed by atoms with Gasteiger partial charge in [-0.15, -0.1) is 0 Å². The normalized spacial score (nSPS) is 24.5. The number of hydrogen-bond acceptors (Lipinski definition) is 2. The number of carboxylic acid groups (broad SMARTS) is 1. The second-order valence-electron chi connectivity index (χ2n) is 7.59. The molecule has 0 aliphatic heterocycles. The molecule has 0 aromatic carbocycles. The summed E-state index contributed by atoms with van der Waals surface area (Å²) in [5.41, 5.74) is -0.158. The monoisotopic (exact) mass is 296 g/mol. The van der Waals surface area contributed by atoms with E-state index in [1.54, 1.807) is 0 Å². The van der Waals surface area contributed by atoms with Crippen molar-refractivity contribution in [2.45, 2.75) is 83.2 Å². The number of carboxylic acids is 1. The van der Waals surface area contributed by atoms with Crippen LogP contribution < -0.4 is 10.6 Å². The molecule has 2 aliphatic rings. The molecule has 0 spiro atoms. The molecule has 2 aliphatic carbocycles. The maximum atomic E-state index is 12.2. The van der Waals surface area contributed by atoms with Crippen molar-refractivity contribution in [2.75, 3.05) is 0 Å². The Balaban J connectivity index is 1.84. The van der Waals surface area contributed by atoms with E-state index < -0.39 is 11.5 Å². The Morgan fingerprint density at radius 2 is 1.67 bits per heavy atom. The Bertz CT molecular complexity index is 390. The maximum Gasteiger partial charge on any atom is 0.315 e. The van der Waals surface area contributed by atoms with E-state index in [0.717, 1.165) is 51.4 Å². The molecule has 21 heavy (non-hydrogen) atoms. The van der Waals surface area contributed by atoms with Gasteiger partial charge in [-0.25, -0.2) is 4.79 Å². The van der Waals surface area contributed by atoms with Gasteiger partial charge in [0.25, 0.3) is 0 Å². The highest BCUT2D eigenvalue weighted by Crippen LogP contribution is 2.35. The lowest BCUT2D eigenvalue weighted by atomic mass is 9.75. The van der Waals surface area contributed by atoms with Crippen molar-refractivity contribution >= 4 is 12.0 Å². The number of nitrogens with one attached hydrogen (secondary N) is 2. The van der Waals surface area contributed by atoms with Crippen molar-refractivity contribution in [3.8, 4) is 0 Å². The summed E-state index contributed by atoms with van der Waals surface area (Å²) in [7, 11) is 0. The SMILES string of the molecule is CC1(C)CCC(NC(=O)NC2(CC(=O)O)CCCC2)CC1. The topological polar surface area (TPSA) is 78.4 Å². The van der Waals surface area contributed by atoms with E-state index in [1.807, 2.05) is 0 Å². The quantitative estimate of drug-likeness (QED) is 0.746. The standard InChI is InChI=1S/C16H28N2O3/c1-15(2)9-5-12(6-10-15)17-14(21)18-16(11-13(19)20)7-3-4-8-16/h12H,3-11H2,1-2H3,(H,19,20)(H2,17,18,21). The third kappa shape index (κ3) is 4.61. The number of amides is 2. The Hall–Kier alpha value is -1.26. The van der Waals surface area contributed by atoms with Crippen molar-refractivity contribution in [2.24, 2.45) is 5.41 Å². The minimum atomic E-state index is -0.836. The summed E-state index contributed by atoms with van der Waals surface area (Å²) in [6.07, 6.45) is 7.80. The van der Waals surface area contributed by atoms with E-state index in [-0.39, 0.29) is 18.5 Å². The minimum Gasteiger partial charge on any atom is -0.481 e. The molecule has 2 rings (SSSR count). The molecule has 0 unspecified atom stereocenters. The summed E-state index contributed by atoms with van der Waals surface area (Å²) in [5.74, 6) is -0.836. The van der Waals surface area contributed by atoms with Crippen molar-refractivity contribution in [1.29, 1.82) is 0 Å². The maximum absolute atomic E-state index is 12.2. The molecule has 0 atom stereocenters. The molecule has 5 nitrogen and oxygen atoms in total. The molecule has 3 N–H and O–H groups in total. The zero-order valence-electron chi connectivity index (χ0n) is 13.2. The highest BCUT2D eigenvalue weighted by atomic mass is 16.4. The molecule has 5 heteroatoms. The van der Waals surface area contributed by atoms with Gasteiger partial charge < -0.3 is 15.7 Å². The molecule has 2 fully saturated rings. The molecule has 0 bridgehead atoms. The molecule has 0 saturated heterocycles. The Labute approximate surface area is 126 Å². The Kier molecular flexibility index (Phi) is 4.79. The largest absolute Gasteiger partial charge is 0.481 e. The van der Waals surface area contributed by atoms with Gasteiger partial charge in [-0.05, 0) is 43.9 Å². The molecule has 0 radical (unpaired) electrons. The Morgan fingerprint density at radius 3 is 2.19 bits per heavy atom. The number of hydrogen-bond donors (Lipinski definition) is 3. The molecular formula is C16H28N2O3. The third-order valence-corrected chi connectivity index (χ3v) is 5.10. The van der Waals surface area contributed by atoms with E-state index in [4.69, 9.17) is 5.11 Å². The molecular weight excluding hydrogens is 268 g/mol. The van der Waals surface area contributed by atoms with Gasteiger partial charge >= 0.3 is 12.0 Å². The average Bonchev–Trinajstić information content (AvgIpc) is 2.79. The van der Waals surface area contributed by atoms with E-state index in [0.29, 0.717) is 5.41 Å². The van der Waals surface area contributed by atoms with Crippen molar-refractivity contribution < 1.29 is 14.7 Å². The number of rotatable bonds is 4. The summed E-state index contributed by atoms with van der Waals surface area (Å²) in [6.45, 7) is 4.54. The first-order valence-electron chi connectivity index (χ1n) is 8.11. The van der Waals surface area contributed by atoms with Crippen LogP contribution in [0.25, 0.3) is 0 Å². The van der Waals surface area contributed by atoms with Gasteiger partial charge in [0, 0.05) is 6.04 Å². The van der Waals surface area contributed by atoms with Gasteiger partial charge in [-0.3, -0.25) is 4.79 Å². The van der Waals surface area contributed by atoms with Crippen LogP contribution in [0, 0.1) is 5.41 Å². The van der Waals surface area contributed by atoms with Crippen molar-refractivity contribution in [3.05, 3.63) is 0 Å². The van der Waals surface area contributed by atoms with E-state index in [1.165, 1.54) is 0 Å². The fourth-order valence-corrected chi connectivity index (χ4v) is 3.69. The van der Waals surface area contributed by atoms with Crippen molar-refractivity contribution in [3.63, 3.8) is 0 Å². The predicted octanol–water partition coefficient (Wildman–Crippen LogP) is 3.04. The first-order chi connectivity index (χ1) is 9.80. The van der Waals surface area contributed by atoms with Gasteiger partial charge in [0.15, 0.2) is 0 Å². The number of urea groups is 1. The molecule has 0 aromatic rings. The summed E-state index contributed by atoms with van der Waals surface area (Å²) >= 11 is 0. The van der Waals surface area contributed by atoms with Gasteiger partial charge in [0.1, 0.15) is 0 Å². The summed E-state index contributed by atoms with van der Waals surface area (Å²) in [6, 6.07) is 0.0316. The van der Waals surface area contributed by atoms with Crippen LogP contribution in [0.5, 0.6) is 0 Å². The van der Waals surface area contributed by atoms with Crippen LogP contribution in [0.3, 0.4) is 0 Å². The van der Waals surface area contributed by atoms with Gasteiger partial charge in [-0.1, -0.05) is 26.7 Å². The van der Waals surface area contributed by atoms with E-state index in [9.17, 15) is 9.59 Å². The van der Waals surface area contributed by atoms with Crippen LogP contribution in [0.15, 0.2) is 0 Å². The van der Waals surface area contributed by atoms with Crippen LogP contribution >= 0.6 is 0 Å². The summed E-state index contributed by atoms with van der Waals surface area (Å²) < 4.78 is 0. The first-order valence-corrected chi connectivity index (χ1v) is 8.11. The number of carbonyl (C=O) groups is 2. The predicted molar refractivity (Wildman–Crippen MR) is 81.2 cm³/mol. The lowest BCUT2D eigenvalue weighted by Gasteiger charge is -2.36. The third-order valence-electron chi connectivity index (χ3n) is 5.10. The second-order valence-corrected chi connectivity index (χ2v) is 7.59. The summed E-state index contributed by atoms with van der Waals surface area (Å²) in [5, 5.41) is 15.1. The fraction of sp³-hybridized carbons (Fsp3) is 0.875. The van der Waals surface area contributed by atoms with Crippen LogP contribution in [0.4, 0.5) is 4.79 Å². The van der Waals surface area contributed by atoms with Gasteiger partial charge in [0.2, 0.25) is 0 Å². The van der Waals surface area contributed by atoms with Crippen LogP contribution in [0.1, 0.15) is 71.6 Å². The zero-order valence-corrected chi connectivity index (χ0v) is 13.2. The van der Waals surface area contributed by atoms with E-state index in [2.05, 4.69) is 24.5 Å². The van der Waals surface area contributed by atoms with E-state index >= 15 is 0 Å². The molecule has 2 amide bonds. The molecule has 120 valence electrons. The lowest BCUT2D eigenvalue weighted by molar-refractivity contribution is -0.138. The van der Waals surface area contributed by atoms with Crippen LogP contribution in [-0.2, 0) is 4.79 Å². The highest BCUT2D eigenvalue weighted by molar-refractivity contribution is 5.77. The average molecular weight is 296 g/mol. The molecule has 2 saturated carbocycles. The zero-order chi connectivity index (χ0) is 15.5. The lowest BCUT2D eigenvalue weighted by Crippen LogP contribution is -2.54. The second kappa shape index (κ2) is 6.24. The summed E-state index contributed by atoms with van der Waals surface area (Å²) in [4.78, 5) is 23.2. The van der Waals surface area contributed by atoms with Gasteiger partial charge in [-0.2, -0.15) is 0 Å².